The van der Waals surface area contributed by atoms with E-state index in [0.717, 1.165) is 51.7 Å². The first-order chi connectivity index (χ1) is 38.0. The Hall–Kier alpha value is -5.74. The van der Waals surface area contributed by atoms with Crippen LogP contribution in [0.2, 0.25) is 0 Å². The Kier molecular flexibility index (Phi) is 104. The molecule has 0 fully saturated rings. The number of fused-ring (bicyclic) bond motifs is 1. The average Bonchev–Trinajstić information content (AvgIpc) is 3.93. The van der Waals surface area contributed by atoms with E-state index in [1.165, 1.54) is 12.1 Å². The lowest BCUT2D eigenvalue weighted by Gasteiger charge is -2.10. The fourth-order valence-electron chi connectivity index (χ4n) is 4.42. The zero-order valence-corrected chi connectivity index (χ0v) is 56.9. The number of alkyl halides is 2. The second-order valence-electron chi connectivity index (χ2n) is 11.5. The number of imidazole rings is 1. The Balaban J connectivity index is -0.0000000760. The molecule has 2 atom stereocenters. The van der Waals surface area contributed by atoms with E-state index in [-0.39, 0.29) is 23.2 Å². The largest absolute Gasteiger partial charge is 0.399 e. The van der Waals surface area contributed by atoms with Crippen LogP contribution in [0.3, 0.4) is 0 Å². The van der Waals surface area contributed by atoms with Gasteiger partial charge in [-0.25, -0.2) is 4.98 Å². The minimum absolute atomic E-state index is 0. The van der Waals surface area contributed by atoms with E-state index in [1.54, 1.807) is 13.8 Å². The van der Waals surface area contributed by atoms with Crippen molar-refractivity contribution in [1.29, 1.82) is 5.41 Å². The van der Waals surface area contributed by atoms with Crippen molar-refractivity contribution >= 4 is 75.1 Å². The van der Waals surface area contributed by atoms with E-state index in [0.29, 0.717) is 5.71 Å². The predicted molar refractivity (Wildman–Crippen MR) is 368 cm³/mol. The van der Waals surface area contributed by atoms with Crippen LogP contribution in [0.25, 0.3) is 16.7 Å². The maximum absolute atomic E-state index is 12.4. The number of hydrogen-bond donors (Lipinski definition) is 3. The van der Waals surface area contributed by atoms with Gasteiger partial charge >= 0.3 is 5.69 Å². The van der Waals surface area contributed by atoms with Crippen LogP contribution in [0, 0.1) is 21.3 Å². The molecule has 0 aliphatic rings. The molecule has 4 N–H and O–H groups in total. The normalized spacial score (nSPS) is 8.38. The van der Waals surface area contributed by atoms with Gasteiger partial charge in [0, 0.05) is 34.5 Å². The third-order valence-corrected chi connectivity index (χ3v) is 7.76. The summed E-state index contributed by atoms with van der Waals surface area (Å²) in [5.41, 5.74) is 11.6. The van der Waals surface area contributed by atoms with Crippen molar-refractivity contribution in [3.8, 4) is 5.69 Å². The molecule has 2 unspecified atom stereocenters. The number of nitrogen functional groups attached to an aromatic ring is 1. The van der Waals surface area contributed by atoms with Gasteiger partial charge in [0.15, 0.2) is 0 Å². The monoisotopic (exact) mass is 1160 g/mol. The van der Waals surface area contributed by atoms with Gasteiger partial charge in [-0.1, -0.05) is 263 Å². The van der Waals surface area contributed by atoms with Gasteiger partial charge in [0.25, 0.3) is 0 Å². The summed E-state index contributed by atoms with van der Waals surface area (Å²) in [6.07, 6.45) is 0. The topological polar surface area (TPSA) is 123 Å². The average molecular weight is 1160 g/mol. The molecule has 12 heteroatoms. The molecule has 0 aliphatic heterocycles. The number of aromatic nitrogens is 2. The fourth-order valence-corrected chi connectivity index (χ4v) is 4.57. The standard InChI is InChI=1S/C15H13ClN2.C12H11N.C6H4FNO2.C6H7N.C4H8ClN.12C2H6.ClH/c1-11(16)15-17-13-9-5-6-10-14(13)18(15)12-7-3-2-4-8-12;1-3-7-11(8-4-1)13-12-9-5-2-6-10-12;7-5-3-1-2-4-6(5)8(9)10;7-6-4-2-1-3-5-6;1-3(5)4(2)6;12*1-2;/h2-11H,1H3;1-10,13H;1-4H;1-5H,7H2;3,6H,1-2H3;12*1-2H3;1H. The molecule has 0 bridgehead atoms. The van der Waals surface area contributed by atoms with Crippen LogP contribution in [0.15, 0.2) is 170 Å². The van der Waals surface area contributed by atoms with Crippen molar-refractivity contribution in [2.45, 2.75) is 198 Å². The zero-order valence-electron chi connectivity index (χ0n) is 54.6. The van der Waals surface area contributed by atoms with Crippen molar-refractivity contribution < 1.29 is 9.31 Å². The number of benzene rings is 6. The molecule has 0 amide bonds. The van der Waals surface area contributed by atoms with Gasteiger partial charge in [-0.3, -0.25) is 14.7 Å². The maximum Gasteiger partial charge on any atom is 0.304 e. The summed E-state index contributed by atoms with van der Waals surface area (Å²) in [5.74, 6) is 0.0802. The number of para-hydroxylation sites is 7. The second-order valence-corrected chi connectivity index (χ2v) is 12.8. The maximum atomic E-state index is 12.4. The summed E-state index contributed by atoms with van der Waals surface area (Å²) in [5, 5.41) is 19.9. The van der Waals surface area contributed by atoms with Gasteiger partial charge in [-0.15, -0.1) is 35.6 Å². The second kappa shape index (κ2) is 83.6. The number of nitrogens with two attached hydrogens (primary N) is 1. The third-order valence-electron chi connectivity index (χ3n) is 7.24. The first-order valence-electron chi connectivity index (χ1n) is 28.9. The van der Waals surface area contributed by atoms with Crippen molar-refractivity contribution in [2.75, 3.05) is 11.1 Å². The Bertz CT molecular complexity index is 2110. The van der Waals surface area contributed by atoms with Crippen LogP contribution in [0.5, 0.6) is 0 Å². The lowest BCUT2D eigenvalue weighted by molar-refractivity contribution is -0.387. The molecule has 0 saturated carbocycles. The van der Waals surface area contributed by atoms with Gasteiger partial charge in [0.05, 0.1) is 26.7 Å². The van der Waals surface area contributed by atoms with Gasteiger partial charge < -0.3 is 16.5 Å². The lowest BCUT2D eigenvalue weighted by Crippen LogP contribution is -2.01. The van der Waals surface area contributed by atoms with Crippen LogP contribution in [-0.4, -0.2) is 25.6 Å². The molecule has 0 saturated heterocycles. The van der Waals surface area contributed by atoms with Crippen molar-refractivity contribution in [2.24, 2.45) is 0 Å². The Morgan fingerprint density at radius 2 is 0.823 bits per heavy atom. The van der Waals surface area contributed by atoms with Gasteiger partial charge in [-0.2, -0.15) is 4.39 Å². The highest BCUT2D eigenvalue weighted by atomic mass is 35.5. The summed E-state index contributed by atoms with van der Waals surface area (Å²) >= 11 is 11.6. The first-order valence-corrected chi connectivity index (χ1v) is 29.8. The van der Waals surface area contributed by atoms with Crippen molar-refractivity contribution in [3.63, 3.8) is 0 Å². The molecule has 0 radical (unpaired) electrons. The van der Waals surface area contributed by atoms with Gasteiger partial charge in [0.1, 0.15) is 5.82 Å². The zero-order chi connectivity index (χ0) is 63.3. The minimum atomic E-state index is -0.799. The molecule has 1 aromatic heterocycles. The van der Waals surface area contributed by atoms with Gasteiger partial charge in [0.2, 0.25) is 5.82 Å². The third kappa shape index (κ3) is 55.4. The van der Waals surface area contributed by atoms with Gasteiger partial charge in [-0.05, 0) is 87.5 Å². The van der Waals surface area contributed by atoms with E-state index < -0.39 is 16.4 Å². The van der Waals surface area contributed by atoms with Crippen molar-refractivity contribution in [3.05, 3.63) is 192 Å². The number of rotatable bonds is 6. The molecule has 0 spiro atoms. The van der Waals surface area contributed by atoms with E-state index in [2.05, 4.69) is 33.1 Å². The molecule has 1 heterocycles. The summed E-state index contributed by atoms with van der Waals surface area (Å²) < 4.78 is 14.5. The number of nitrogens with zero attached hydrogens (tertiary/aromatic N) is 3. The molecular formula is C67H116Cl3FN6O2. The molecular weight excluding hydrogens is 1050 g/mol. The highest BCUT2D eigenvalue weighted by Gasteiger charge is 2.15. The Morgan fingerprint density at radius 3 is 1.10 bits per heavy atom. The molecule has 0 aliphatic carbocycles. The molecule has 7 rings (SSSR count). The summed E-state index contributed by atoms with van der Waals surface area (Å²) in [6, 6.07) is 53.0. The first kappa shape index (κ1) is 98.7. The highest BCUT2D eigenvalue weighted by Crippen LogP contribution is 2.28. The van der Waals surface area contributed by atoms with Crippen LogP contribution < -0.4 is 11.1 Å². The summed E-state index contributed by atoms with van der Waals surface area (Å²) in [7, 11) is 0. The number of nitro benzene ring substituents is 1. The minimum Gasteiger partial charge on any atom is -0.399 e. The summed E-state index contributed by atoms with van der Waals surface area (Å²) in [6.45, 7) is 53.4. The fraction of sp³-hybridized carbons (Fsp3) is 0.433. The number of hydrogen-bond acceptors (Lipinski definition) is 6. The summed E-state index contributed by atoms with van der Waals surface area (Å²) in [4.78, 5) is 13.9. The predicted octanol–water partition coefficient (Wildman–Crippen LogP) is 25.1. The Labute approximate surface area is 502 Å². The molecule has 454 valence electrons. The van der Waals surface area contributed by atoms with Crippen LogP contribution in [0.4, 0.5) is 27.1 Å². The number of nitro groups is 1. The SMILES string of the molecule is CC.CC.CC.CC.CC.CC.CC.CC.CC.CC.CC.CC.CC(=N)C(C)Cl.CC(Cl)c1nc2ccccc2n1-c1ccccc1.Cl.Nc1ccccc1.O=[N+]([O-])c1ccccc1F.c1ccc(Nc2ccccc2)cc1. The van der Waals surface area contributed by atoms with Crippen LogP contribution >= 0.6 is 35.6 Å². The number of nitrogens with one attached hydrogen (secondary N) is 2. The lowest BCUT2D eigenvalue weighted by atomic mass is 10.2. The van der Waals surface area contributed by atoms with Crippen LogP contribution in [-0.2, 0) is 0 Å². The highest BCUT2D eigenvalue weighted by molar-refractivity contribution is 6.30. The Morgan fingerprint density at radius 1 is 0.532 bits per heavy atom. The molecule has 79 heavy (non-hydrogen) atoms. The van der Waals surface area contributed by atoms with E-state index in [9.17, 15) is 14.5 Å². The van der Waals surface area contributed by atoms with Crippen molar-refractivity contribution in [1.82, 2.24) is 9.55 Å². The molecule has 7 aromatic rings. The number of anilines is 3. The molecule has 8 nitrogen and oxygen atoms in total. The van der Waals surface area contributed by atoms with Crippen LogP contribution in [0.1, 0.15) is 198 Å². The quantitative estimate of drug-likeness (QED) is 0.0503. The van der Waals surface area contributed by atoms with E-state index in [4.69, 9.17) is 34.3 Å². The smallest absolute Gasteiger partial charge is 0.304 e. The number of halogens is 4. The molecule has 6 aromatic carbocycles. The van der Waals surface area contributed by atoms with E-state index in [1.807, 2.05) is 300 Å². The van der Waals surface area contributed by atoms with E-state index >= 15 is 0 Å².